The maximum absolute atomic E-state index is 12.7. The Morgan fingerprint density at radius 2 is 1.86 bits per heavy atom. The molecule has 0 saturated carbocycles. The van der Waals surface area contributed by atoms with Gasteiger partial charge in [0, 0.05) is 6.20 Å². The molecule has 0 bridgehead atoms. The molecule has 0 fully saturated rings. The van der Waals surface area contributed by atoms with Crippen molar-refractivity contribution < 1.29 is 4.42 Å². The van der Waals surface area contributed by atoms with E-state index in [0.717, 1.165) is 11.1 Å². The highest BCUT2D eigenvalue weighted by Crippen LogP contribution is 2.09. The van der Waals surface area contributed by atoms with Crippen LogP contribution in [0.25, 0.3) is 10.9 Å². The number of pyridine rings is 1. The van der Waals surface area contributed by atoms with Crippen LogP contribution in [0.1, 0.15) is 22.6 Å². The van der Waals surface area contributed by atoms with Crippen molar-refractivity contribution in [2.45, 2.75) is 33.4 Å². The van der Waals surface area contributed by atoms with Crippen LogP contribution in [-0.4, -0.2) is 24.3 Å². The van der Waals surface area contributed by atoms with E-state index in [2.05, 4.69) is 15.1 Å². The van der Waals surface area contributed by atoms with E-state index in [-0.39, 0.29) is 18.0 Å². The Morgan fingerprint density at radius 3 is 2.64 bits per heavy atom. The molecular weight excluding hydrogens is 358 g/mol. The predicted octanol–water partition coefficient (Wildman–Crippen LogP) is 1.85. The lowest BCUT2D eigenvalue weighted by atomic mass is 10.1. The molecule has 0 N–H and O–H groups in total. The Kier molecular flexibility index (Phi) is 4.60. The smallest absolute Gasteiger partial charge is 0.390 e. The fourth-order valence-electron chi connectivity index (χ4n) is 3.06. The first kappa shape index (κ1) is 17.8. The average Bonchev–Trinajstić information content (AvgIpc) is 3.03. The number of rotatable bonds is 5. The van der Waals surface area contributed by atoms with Crippen LogP contribution < -0.4 is 11.3 Å². The molecule has 0 aliphatic carbocycles. The molecule has 3 aromatic heterocycles. The van der Waals surface area contributed by atoms with Crippen LogP contribution >= 0.6 is 0 Å². The zero-order valence-electron chi connectivity index (χ0n) is 15.6. The second-order valence-electron chi connectivity index (χ2n) is 6.75. The lowest BCUT2D eigenvalue weighted by Crippen LogP contribution is -2.22. The van der Waals surface area contributed by atoms with E-state index in [9.17, 15) is 9.59 Å². The molecule has 0 saturated heterocycles. The summed E-state index contributed by atoms with van der Waals surface area (Å²) in [5, 5.41) is 4.72. The van der Waals surface area contributed by atoms with Crippen LogP contribution in [0.2, 0.25) is 0 Å². The monoisotopic (exact) mass is 377 g/mol. The normalized spacial score (nSPS) is 11.2. The van der Waals surface area contributed by atoms with E-state index in [1.54, 1.807) is 12.4 Å². The molecule has 28 heavy (non-hydrogen) atoms. The standard InChI is InChI=1S/C20H19N5O3/c1-13-3-5-15(6-4-13)7-8-25-20(27)28-17(23-25)11-24-12-22-16-10-21-9-14(2)18(16)19(24)26/h3-6,9-10,12H,7-8,11H2,1-2H3. The van der Waals surface area contributed by atoms with Gasteiger partial charge < -0.3 is 4.42 Å². The Morgan fingerprint density at radius 1 is 1.07 bits per heavy atom. The highest BCUT2D eigenvalue weighted by molar-refractivity contribution is 5.79. The Labute approximate surface area is 160 Å². The molecule has 4 rings (SSSR count). The van der Waals surface area contributed by atoms with Crippen molar-refractivity contribution >= 4 is 10.9 Å². The first-order chi connectivity index (χ1) is 13.5. The van der Waals surface area contributed by atoms with Gasteiger partial charge in [0.1, 0.15) is 6.54 Å². The molecule has 8 heteroatoms. The highest BCUT2D eigenvalue weighted by atomic mass is 16.4. The van der Waals surface area contributed by atoms with Gasteiger partial charge in [-0.25, -0.2) is 9.78 Å². The molecule has 0 amide bonds. The molecule has 3 heterocycles. The third kappa shape index (κ3) is 3.48. The molecule has 0 aliphatic heterocycles. The summed E-state index contributed by atoms with van der Waals surface area (Å²) >= 11 is 0. The van der Waals surface area contributed by atoms with Crippen molar-refractivity contribution in [3.05, 3.63) is 86.5 Å². The second-order valence-corrected chi connectivity index (χ2v) is 6.75. The van der Waals surface area contributed by atoms with E-state index in [1.807, 2.05) is 38.1 Å². The third-order valence-electron chi connectivity index (χ3n) is 4.61. The molecule has 0 unspecified atom stereocenters. The van der Waals surface area contributed by atoms with Gasteiger partial charge in [-0.2, -0.15) is 4.68 Å². The first-order valence-corrected chi connectivity index (χ1v) is 8.93. The minimum Gasteiger partial charge on any atom is -0.390 e. The Bertz CT molecular complexity index is 1250. The lowest BCUT2D eigenvalue weighted by Gasteiger charge is -2.05. The van der Waals surface area contributed by atoms with Gasteiger partial charge >= 0.3 is 5.76 Å². The summed E-state index contributed by atoms with van der Waals surface area (Å²) in [4.78, 5) is 33.1. The summed E-state index contributed by atoms with van der Waals surface area (Å²) in [7, 11) is 0. The number of hydrogen-bond donors (Lipinski definition) is 0. The summed E-state index contributed by atoms with van der Waals surface area (Å²) in [6.45, 7) is 4.28. The fraction of sp³-hybridized carbons (Fsp3) is 0.250. The molecule has 1 aromatic carbocycles. The number of fused-ring (bicyclic) bond motifs is 1. The van der Waals surface area contributed by atoms with E-state index in [4.69, 9.17) is 4.42 Å². The first-order valence-electron chi connectivity index (χ1n) is 8.93. The molecule has 0 aliphatic rings. The minimum atomic E-state index is -0.538. The number of aromatic nitrogens is 5. The van der Waals surface area contributed by atoms with Gasteiger partial charge in [-0.05, 0) is 31.4 Å². The summed E-state index contributed by atoms with van der Waals surface area (Å²) in [6, 6.07) is 8.11. The summed E-state index contributed by atoms with van der Waals surface area (Å²) < 4.78 is 7.88. The molecule has 0 spiro atoms. The zero-order valence-corrected chi connectivity index (χ0v) is 15.6. The van der Waals surface area contributed by atoms with Crippen LogP contribution in [0.4, 0.5) is 0 Å². The van der Waals surface area contributed by atoms with Crippen molar-refractivity contribution in [3.8, 4) is 0 Å². The second kappa shape index (κ2) is 7.22. The van der Waals surface area contributed by atoms with E-state index < -0.39 is 5.76 Å². The molecule has 142 valence electrons. The quantitative estimate of drug-likeness (QED) is 0.527. The van der Waals surface area contributed by atoms with Crippen molar-refractivity contribution in [2.75, 3.05) is 0 Å². The van der Waals surface area contributed by atoms with Crippen LogP contribution in [0.5, 0.6) is 0 Å². The molecular formula is C20H19N5O3. The van der Waals surface area contributed by atoms with Crippen molar-refractivity contribution in [1.82, 2.24) is 24.3 Å². The highest BCUT2D eigenvalue weighted by Gasteiger charge is 2.12. The van der Waals surface area contributed by atoms with Crippen molar-refractivity contribution in [1.29, 1.82) is 0 Å². The average molecular weight is 377 g/mol. The van der Waals surface area contributed by atoms with Gasteiger partial charge in [0.2, 0.25) is 5.89 Å². The summed E-state index contributed by atoms with van der Waals surface area (Å²) in [5.74, 6) is -0.367. The fourth-order valence-corrected chi connectivity index (χ4v) is 3.06. The Hall–Kier alpha value is -3.55. The van der Waals surface area contributed by atoms with Gasteiger partial charge in [-0.1, -0.05) is 29.8 Å². The zero-order chi connectivity index (χ0) is 19.7. The van der Waals surface area contributed by atoms with E-state index >= 15 is 0 Å². The molecule has 8 nitrogen and oxygen atoms in total. The van der Waals surface area contributed by atoms with Crippen LogP contribution in [-0.2, 0) is 19.5 Å². The minimum absolute atomic E-state index is 0.0380. The summed E-state index contributed by atoms with van der Waals surface area (Å²) in [6.07, 6.45) is 5.25. The van der Waals surface area contributed by atoms with Gasteiger partial charge in [0.05, 0.1) is 30.0 Å². The van der Waals surface area contributed by atoms with Gasteiger partial charge in [0.25, 0.3) is 5.56 Å². The van der Waals surface area contributed by atoms with Crippen LogP contribution in [0.3, 0.4) is 0 Å². The number of benzene rings is 1. The van der Waals surface area contributed by atoms with E-state index in [0.29, 0.717) is 23.9 Å². The van der Waals surface area contributed by atoms with Gasteiger partial charge in [-0.3, -0.25) is 14.3 Å². The number of aryl methyl sites for hydroxylation is 4. The predicted molar refractivity (Wildman–Crippen MR) is 103 cm³/mol. The molecule has 4 aromatic rings. The number of hydrogen-bond acceptors (Lipinski definition) is 6. The van der Waals surface area contributed by atoms with Gasteiger partial charge in [0.15, 0.2) is 0 Å². The maximum Gasteiger partial charge on any atom is 0.437 e. The topological polar surface area (TPSA) is 95.8 Å². The SMILES string of the molecule is Cc1ccc(CCn2nc(Cn3cnc4cncc(C)c4c3=O)oc2=O)cc1. The number of nitrogens with zero attached hydrogens (tertiary/aromatic N) is 5. The summed E-state index contributed by atoms with van der Waals surface area (Å²) in [5.41, 5.74) is 3.36. The molecule has 0 atom stereocenters. The van der Waals surface area contributed by atoms with Gasteiger partial charge in [-0.15, -0.1) is 5.10 Å². The molecule has 0 radical (unpaired) electrons. The van der Waals surface area contributed by atoms with Crippen molar-refractivity contribution in [2.24, 2.45) is 0 Å². The van der Waals surface area contributed by atoms with Crippen LogP contribution in [0.15, 0.2) is 57.0 Å². The van der Waals surface area contributed by atoms with Crippen molar-refractivity contribution in [3.63, 3.8) is 0 Å². The largest absolute Gasteiger partial charge is 0.437 e. The van der Waals surface area contributed by atoms with Crippen LogP contribution in [0, 0.1) is 13.8 Å². The lowest BCUT2D eigenvalue weighted by molar-refractivity contribution is 0.434. The maximum atomic E-state index is 12.7. The Balaban J connectivity index is 1.56. The third-order valence-corrected chi connectivity index (χ3v) is 4.61. The van der Waals surface area contributed by atoms with E-state index in [1.165, 1.54) is 21.1 Å².